The molecule has 1 aliphatic heterocycles. The van der Waals surface area contributed by atoms with Gasteiger partial charge in [0.25, 0.3) is 0 Å². The number of hydrogen-bond acceptors (Lipinski definition) is 2. The lowest BCUT2D eigenvalue weighted by Crippen LogP contribution is -2.21. The van der Waals surface area contributed by atoms with Crippen molar-refractivity contribution in [2.45, 2.75) is 39.2 Å². The van der Waals surface area contributed by atoms with Crippen molar-refractivity contribution in [1.82, 2.24) is 0 Å². The number of carbonyl (C=O) groups is 1. The standard InChI is InChI=1S/C14H18ClNO2/c1-8(2)5-12(17)11-7-10(15)6-9-3-4-13(18)16-14(9)11/h6-8,12,17H,3-5H2,1-2H3,(H,16,18). The Morgan fingerprint density at radius 1 is 1.39 bits per heavy atom. The highest BCUT2D eigenvalue weighted by Gasteiger charge is 2.22. The first-order valence-electron chi connectivity index (χ1n) is 6.27. The van der Waals surface area contributed by atoms with E-state index in [0.717, 1.165) is 16.8 Å². The van der Waals surface area contributed by atoms with Crippen LogP contribution < -0.4 is 5.32 Å². The van der Waals surface area contributed by atoms with Crippen LogP contribution in [0.1, 0.15) is 43.9 Å². The number of rotatable bonds is 3. The van der Waals surface area contributed by atoms with E-state index in [1.165, 1.54) is 0 Å². The van der Waals surface area contributed by atoms with Crippen LogP contribution in [0.25, 0.3) is 0 Å². The van der Waals surface area contributed by atoms with E-state index < -0.39 is 6.10 Å². The van der Waals surface area contributed by atoms with E-state index in [9.17, 15) is 9.90 Å². The average molecular weight is 268 g/mol. The van der Waals surface area contributed by atoms with Gasteiger partial charge in [0.05, 0.1) is 6.10 Å². The highest BCUT2D eigenvalue weighted by Crippen LogP contribution is 2.35. The molecule has 0 fully saturated rings. The van der Waals surface area contributed by atoms with Crippen molar-refractivity contribution in [3.8, 4) is 0 Å². The van der Waals surface area contributed by atoms with Crippen molar-refractivity contribution in [3.05, 3.63) is 28.3 Å². The molecular weight excluding hydrogens is 250 g/mol. The highest BCUT2D eigenvalue weighted by atomic mass is 35.5. The van der Waals surface area contributed by atoms with Crippen LogP contribution in [-0.2, 0) is 11.2 Å². The Kier molecular flexibility index (Phi) is 3.93. The predicted molar refractivity (Wildman–Crippen MR) is 72.8 cm³/mol. The maximum absolute atomic E-state index is 11.5. The Hall–Kier alpha value is -1.06. The number of nitrogens with one attached hydrogen (secondary N) is 1. The van der Waals surface area contributed by atoms with Crippen LogP contribution in [0.3, 0.4) is 0 Å². The first-order chi connectivity index (χ1) is 8.47. The van der Waals surface area contributed by atoms with Crippen molar-refractivity contribution in [1.29, 1.82) is 0 Å². The zero-order valence-electron chi connectivity index (χ0n) is 10.7. The molecule has 0 bridgehead atoms. The molecule has 18 heavy (non-hydrogen) atoms. The quantitative estimate of drug-likeness (QED) is 0.883. The molecule has 0 saturated heterocycles. The van der Waals surface area contributed by atoms with Crippen LogP contribution in [-0.4, -0.2) is 11.0 Å². The molecule has 3 nitrogen and oxygen atoms in total. The second-order valence-electron chi connectivity index (χ2n) is 5.22. The van der Waals surface area contributed by atoms with Gasteiger partial charge in [0, 0.05) is 22.7 Å². The van der Waals surface area contributed by atoms with Gasteiger partial charge >= 0.3 is 0 Å². The fourth-order valence-electron chi connectivity index (χ4n) is 2.32. The number of fused-ring (bicyclic) bond motifs is 1. The summed E-state index contributed by atoms with van der Waals surface area (Å²) in [5.41, 5.74) is 2.50. The van der Waals surface area contributed by atoms with E-state index >= 15 is 0 Å². The summed E-state index contributed by atoms with van der Waals surface area (Å²) in [4.78, 5) is 11.5. The van der Waals surface area contributed by atoms with E-state index in [0.29, 0.717) is 30.2 Å². The fraction of sp³-hybridized carbons (Fsp3) is 0.500. The molecule has 2 rings (SSSR count). The molecule has 0 radical (unpaired) electrons. The number of benzene rings is 1. The van der Waals surface area contributed by atoms with Crippen LogP contribution in [0.15, 0.2) is 12.1 Å². The number of hydrogen-bond donors (Lipinski definition) is 2. The molecular formula is C14H18ClNO2. The minimum atomic E-state index is -0.587. The number of aliphatic hydroxyl groups excluding tert-OH is 1. The van der Waals surface area contributed by atoms with Gasteiger partial charge < -0.3 is 10.4 Å². The molecule has 1 atom stereocenters. The summed E-state index contributed by atoms with van der Waals surface area (Å²) in [7, 11) is 0. The third kappa shape index (κ3) is 2.85. The maximum Gasteiger partial charge on any atom is 0.224 e. The molecule has 4 heteroatoms. The minimum absolute atomic E-state index is 0.00261. The van der Waals surface area contributed by atoms with Gasteiger partial charge in [-0.05, 0) is 36.5 Å². The van der Waals surface area contributed by atoms with Gasteiger partial charge in [-0.25, -0.2) is 0 Å². The van der Waals surface area contributed by atoms with Gasteiger partial charge in [-0.2, -0.15) is 0 Å². The Balaban J connectivity index is 2.39. The number of aliphatic hydroxyl groups is 1. The predicted octanol–water partition coefficient (Wildman–Crippen LogP) is 3.30. The molecule has 1 aliphatic rings. The lowest BCUT2D eigenvalue weighted by atomic mass is 9.93. The van der Waals surface area contributed by atoms with Crippen molar-refractivity contribution < 1.29 is 9.90 Å². The van der Waals surface area contributed by atoms with Crippen molar-refractivity contribution in [2.75, 3.05) is 5.32 Å². The molecule has 98 valence electrons. The highest BCUT2D eigenvalue weighted by molar-refractivity contribution is 6.31. The first-order valence-corrected chi connectivity index (χ1v) is 6.65. The zero-order chi connectivity index (χ0) is 13.3. The van der Waals surface area contributed by atoms with E-state index in [4.69, 9.17) is 11.6 Å². The van der Waals surface area contributed by atoms with Crippen LogP contribution in [0.4, 0.5) is 5.69 Å². The van der Waals surface area contributed by atoms with Gasteiger partial charge in [0.15, 0.2) is 0 Å². The summed E-state index contributed by atoms with van der Waals surface area (Å²) < 4.78 is 0. The van der Waals surface area contributed by atoms with Crippen LogP contribution in [0.2, 0.25) is 5.02 Å². The van der Waals surface area contributed by atoms with Crippen LogP contribution in [0, 0.1) is 5.92 Å². The summed E-state index contributed by atoms with van der Waals surface area (Å²) in [6, 6.07) is 3.61. The normalized spacial score (nSPS) is 16.4. The molecule has 0 spiro atoms. The molecule has 0 saturated carbocycles. The third-order valence-electron chi connectivity index (χ3n) is 3.15. The maximum atomic E-state index is 11.5. The monoisotopic (exact) mass is 267 g/mol. The zero-order valence-corrected chi connectivity index (χ0v) is 11.4. The summed E-state index contributed by atoms with van der Waals surface area (Å²) in [6.07, 6.45) is 1.23. The Labute approximate surface area is 112 Å². The number of anilines is 1. The first kappa shape index (κ1) is 13.4. The smallest absolute Gasteiger partial charge is 0.224 e. The third-order valence-corrected chi connectivity index (χ3v) is 3.37. The van der Waals surface area contributed by atoms with Crippen molar-refractivity contribution in [3.63, 3.8) is 0 Å². The second-order valence-corrected chi connectivity index (χ2v) is 5.66. The van der Waals surface area contributed by atoms with Gasteiger partial charge in [-0.1, -0.05) is 25.4 Å². The largest absolute Gasteiger partial charge is 0.388 e. The summed E-state index contributed by atoms with van der Waals surface area (Å²) in [5, 5.41) is 13.7. The molecule has 1 aromatic rings. The lowest BCUT2D eigenvalue weighted by Gasteiger charge is -2.24. The molecule has 0 aromatic heterocycles. The minimum Gasteiger partial charge on any atom is -0.388 e. The summed E-state index contributed by atoms with van der Waals surface area (Å²) in [6.45, 7) is 4.11. The molecule has 1 aromatic carbocycles. The van der Waals surface area contributed by atoms with E-state index in [1.807, 2.05) is 6.07 Å². The Bertz CT molecular complexity index is 471. The fourth-order valence-corrected chi connectivity index (χ4v) is 2.57. The van der Waals surface area contributed by atoms with E-state index in [2.05, 4.69) is 19.2 Å². The SMILES string of the molecule is CC(C)CC(O)c1cc(Cl)cc2c1NC(=O)CC2. The van der Waals surface area contributed by atoms with Gasteiger partial charge in [-0.3, -0.25) is 4.79 Å². The Morgan fingerprint density at radius 3 is 2.78 bits per heavy atom. The molecule has 2 N–H and O–H groups in total. The van der Waals surface area contributed by atoms with E-state index in [-0.39, 0.29) is 5.91 Å². The van der Waals surface area contributed by atoms with E-state index in [1.54, 1.807) is 6.07 Å². The molecule has 1 amide bonds. The van der Waals surface area contributed by atoms with Crippen LogP contribution >= 0.6 is 11.6 Å². The van der Waals surface area contributed by atoms with Crippen LogP contribution in [0.5, 0.6) is 0 Å². The Morgan fingerprint density at radius 2 is 2.11 bits per heavy atom. The number of amides is 1. The van der Waals surface area contributed by atoms with Gasteiger partial charge in [0.1, 0.15) is 0 Å². The second kappa shape index (κ2) is 5.29. The van der Waals surface area contributed by atoms with Gasteiger partial charge in [-0.15, -0.1) is 0 Å². The number of carbonyl (C=O) groups excluding carboxylic acids is 1. The molecule has 1 heterocycles. The van der Waals surface area contributed by atoms with Crippen molar-refractivity contribution in [2.24, 2.45) is 5.92 Å². The topological polar surface area (TPSA) is 49.3 Å². The average Bonchev–Trinajstić information content (AvgIpc) is 2.27. The van der Waals surface area contributed by atoms with Gasteiger partial charge in [0.2, 0.25) is 5.91 Å². The summed E-state index contributed by atoms with van der Waals surface area (Å²) in [5.74, 6) is 0.386. The number of aryl methyl sites for hydroxylation is 1. The molecule has 1 unspecified atom stereocenters. The van der Waals surface area contributed by atoms with Crippen molar-refractivity contribution >= 4 is 23.2 Å². The lowest BCUT2D eigenvalue weighted by molar-refractivity contribution is -0.116. The summed E-state index contributed by atoms with van der Waals surface area (Å²) >= 11 is 6.08. The number of halogens is 1. The molecule has 0 aliphatic carbocycles.